The number of hydrogen-bond donors (Lipinski definition) is 2. The molecule has 0 aliphatic rings. The molecule has 2 aromatic rings. The number of hydrogen-bond acceptors (Lipinski definition) is 4. The minimum absolute atomic E-state index is 0.0601. The van der Waals surface area contributed by atoms with Crippen LogP contribution in [0, 0.1) is 0 Å². The molecule has 2 aromatic carbocycles. The Bertz CT molecular complexity index is 801. The van der Waals surface area contributed by atoms with Crippen LogP contribution in [0.15, 0.2) is 44.4 Å². The molecule has 2 N–H and O–H groups in total. The number of ether oxygens (including phenoxy) is 1. The van der Waals surface area contributed by atoms with Crippen LogP contribution in [0.25, 0.3) is 0 Å². The van der Waals surface area contributed by atoms with Gasteiger partial charge < -0.3 is 9.84 Å². The summed E-state index contributed by atoms with van der Waals surface area (Å²) in [7, 11) is 0. The quantitative estimate of drug-likeness (QED) is 0.463. The monoisotopic (exact) mass is 494 g/mol. The van der Waals surface area contributed by atoms with Gasteiger partial charge in [-0.3, -0.25) is 4.79 Å². The van der Waals surface area contributed by atoms with Crippen LogP contribution in [-0.2, 0) is 4.79 Å². The van der Waals surface area contributed by atoms with Crippen molar-refractivity contribution in [2.24, 2.45) is 5.10 Å². The van der Waals surface area contributed by atoms with Gasteiger partial charge in [0.1, 0.15) is 11.5 Å². The first-order valence-electron chi connectivity index (χ1n) is 6.44. The van der Waals surface area contributed by atoms with Gasteiger partial charge in [-0.2, -0.15) is 5.10 Å². The van der Waals surface area contributed by atoms with Crippen LogP contribution < -0.4 is 10.2 Å². The summed E-state index contributed by atoms with van der Waals surface area (Å²) in [6.07, 6.45) is 1.39. The molecule has 0 aromatic heterocycles. The Labute approximate surface area is 164 Å². The highest BCUT2D eigenvalue weighted by atomic mass is 79.9. The first-order valence-corrected chi connectivity index (χ1v) is 8.79. The number of halogens is 4. The predicted molar refractivity (Wildman–Crippen MR) is 101 cm³/mol. The number of amides is 1. The summed E-state index contributed by atoms with van der Waals surface area (Å²) in [5, 5.41) is 14.2. The van der Waals surface area contributed by atoms with E-state index in [1.54, 1.807) is 18.2 Å². The zero-order valence-corrected chi connectivity index (χ0v) is 16.6. The van der Waals surface area contributed by atoms with Crippen LogP contribution in [0.1, 0.15) is 5.56 Å². The molecular weight excluding hydrogens is 487 g/mol. The maximum atomic E-state index is 11.7. The first-order chi connectivity index (χ1) is 11.4. The van der Waals surface area contributed by atoms with E-state index in [1.165, 1.54) is 18.3 Å². The van der Waals surface area contributed by atoms with Crippen molar-refractivity contribution < 1.29 is 14.6 Å². The lowest BCUT2D eigenvalue weighted by molar-refractivity contribution is -0.123. The molecule has 9 heteroatoms. The fourth-order valence-corrected chi connectivity index (χ4v) is 3.02. The lowest BCUT2D eigenvalue weighted by atomic mass is 10.2. The van der Waals surface area contributed by atoms with Gasteiger partial charge in [-0.15, -0.1) is 0 Å². The number of rotatable bonds is 5. The second kappa shape index (κ2) is 8.71. The van der Waals surface area contributed by atoms with E-state index in [-0.39, 0.29) is 12.4 Å². The van der Waals surface area contributed by atoms with E-state index >= 15 is 0 Å². The van der Waals surface area contributed by atoms with Gasteiger partial charge >= 0.3 is 0 Å². The second-order valence-electron chi connectivity index (χ2n) is 4.48. The zero-order valence-electron chi connectivity index (χ0n) is 11.9. The number of nitrogens with zero attached hydrogens (tertiary/aromatic N) is 1. The summed E-state index contributed by atoms with van der Waals surface area (Å²) in [4.78, 5) is 11.7. The average molecular weight is 497 g/mol. The van der Waals surface area contributed by atoms with Crippen molar-refractivity contribution in [2.45, 2.75) is 0 Å². The first kappa shape index (κ1) is 19.1. The van der Waals surface area contributed by atoms with Gasteiger partial charge in [0.2, 0.25) is 0 Å². The van der Waals surface area contributed by atoms with Gasteiger partial charge in [0.05, 0.1) is 15.7 Å². The molecule has 0 heterocycles. The molecule has 0 aliphatic heterocycles. The minimum Gasteiger partial charge on any atom is -0.507 e. The third-order valence-corrected chi connectivity index (χ3v) is 4.58. The van der Waals surface area contributed by atoms with Crippen molar-refractivity contribution in [3.8, 4) is 11.5 Å². The Kier molecular flexibility index (Phi) is 6.91. The molecule has 0 radical (unpaired) electrons. The fourth-order valence-electron chi connectivity index (χ4n) is 1.59. The molecule has 0 saturated carbocycles. The molecular formula is C15H10Br2Cl2N2O3. The molecule has 1 amide bonds. The smallest absolute Gasteiger partial charge is 0.277 e. The van der Waals surface area contributed by atoms with Crippen LogP contribution in [0.4, 0.5) is 0 Å². The maximum absolute atomic E-state index is 11.7. The maximum Gasteiger partial charge on any atom is 0.277 e. The Morgan fingerprint density at radius 2 is 2.00 bits per heavy atom. The highest BCUT2D eigenvalue weighted by Gasteiger charge is 2.07. The Morgan fingerprint density at radius 1 is 1.25 bits per heavy atom. The van der Waals surface area contributed by atoms with Crippen molar-refractivity contribution in [2.75, 3.05) is 6.61 Å². The largest absolute Gasteiger partial charge is 0.507 e. The number of hydrazone groups is 1. The van der Waals surface area contributed by atoms with Gasteiger partial charge in [0, 0.05) is 21.1 Å². The van der Waals surface area contributed by atoms with E-state index in [0.717, 1.165) is 0 Å². The van der Waals surface area contributed by atoms with Gasteiger partial charge in [0.15, 0.2) is 6.61 Å². The number of phenols is 1. The number of phenolic OH excluding ortho intramolecular Hbond substituents is 1. The van der Waals surface area contributed by atoms with Crippen LogP contribution in [0.3, 0.4) is 0 Å². The van der Waals surface area contributed by atoms with Crippen molar-refractivity contribution in [1.29, 1.82) is 0 Å². The Hall–Kier alpha value is -1.28. The third kappa shape index (κ3) is 5.37. The normalized spacial score (nSPS) is 10.8. The van der Waals surface area contributed by atoms with Gasteiger partial charge in [-0.1, -0.05) is 39.1 Å². The molecule has 5 nitrogen and oxygen atoms in total. The van der Waals surface area contributed by atoms with Gasteiger partial charge in [0.25, 0.3) is 5.91 Å². The van der Waals surface area contributed by atoms with E-state index < -0.39 is 5.91 Å². The summed E-state index contributed by atoms with van der Waals surface area (Å²) in [6.45, 7) is -0.274. The lowest BCUT2D eigenvalue weighted by Gasteiger charge is -2.07. The molecule has 0 fully saturated rings. The third-order valence-electron chi connectivity index (χ3n) is 2.71. The van der Waals surface area contributed by atoms with Crippen molar-refractivity contribution in [3.63, 3.8) is 0 Å². The fraction of sp³-hybridized carbons (Fsp3) is 0.0667. The molecule has 0 bridgehead atoms. The SMILES string of the molecule is O=C(COc1cc(Cl)ccc1Cl)N/N=C/c1cc(O)c(Br)cc1Br. The summed E-state index contributed by atoms with van der Waals surface area (Å²) in [5.74, 6) is -0.103. The van der Waals surface area contributed by atoms with E-state index in [0.29, 0.717) is 30.3 Å². The molecule has 0 aliphatic carbocycles. The van der Waals surface area contributed by atoms with Gasteiger partial charge in [-0.25, -0.2) is 5.43 Å². The summed E-state index contributed by atoms with van der Waals surface area (Å²) in [6, 6.07) is 7.87. The topological polar surface area (TPSA) is 70.9 Å². The summed E-state index contributed by atoms with van der Waals surface area (Å²) in [5.41, 5.74) is 2.90. The number of carbonyl (C=O) groups excluding carboxylic acids is 1. The highest BCUT2D eigenvalue weighted by Crippen LogP contribution is 2.30. The predicted octanol–water partition coefficient (Wildman–Crippen LogP) is 4.75. The van der Waals surface area contributed by atoms with Crippen LogP contribution >= 0.6 is 55.1 Å². The zero-order chi connectivity index (χ0) is 17.7. The van der Waals surface area contributed by atoms with Crippen LogP contribution in [0.5, 0.6) is 11.5 Å². The average Bonchev–Trinajstić information content (AvgIpc) is 2.53. The van der Waals surface area contributed by atoms with Crippen molar-refractivity contribution >= 4 is 67.2 Å². The standard InChI is InChI=1S/C15H10Br2Cl2N2O3/c16-10-5-11(17)13(22)3-8(10)6-20-21-15(23)7-24-14-4-9(18)1-2-12(14)19/h1-6,22H,7H2,(H,21,23)/b20-6+. The number of nitrogens with one attached hydrogen (secondary N) is 1. The molecule has 126 valence electrons. The van der Waals surface area contributed by atoms with E-state index in [2.05, 4.69) is 42.4 Å². The summed E-state index contributed by atoms with van der Waals surface area (Å²) < 4.78 is 6.53. The van der Waals surface area contributed by atoms with Crippen molar-refractivity contribution in [3.05, 3.63) is 54.9 Å². The minimum atomic E-state index is -0.472. The molecule has 0 atom stereocenters. The van der Waals surface area contributed by atoms with Crippen molar-refractivity contribution in [1.82, 2.24) is 5.43 Å². The summed E-state index contributed by atoms with van der Waals surface area (Å²) >= 11 is 18.3. The molecule has 0 saturated heterocycles. The van der Waals surface area contributed by atoms with Crippen LogP contribution in [0.2, 0.25) is 10.0 Å². The molecule has 0 spiro atoms. The Balaban J connectivity index is 1.91. The molecule has 2 rings (SSSR count). The van der Waals surface area contributed by atoms with E-state index in [9.17, 15) is 9.90 Å². The van der Waals surface area contributed by atoms with Gasteiger partial charge in [-0.05, 0) is 40.2 Å². The molecule has 24 heavy (non-hydrogen) atoms. The second-order valence-corrected chi connectivity index (χ2v) is 7.03. The number of aromatic hydroxyl groups is 1. The van der Waals surface area contributed by atoms with E-state index in [4.69, 9.17) is 27.9 Å². The highest BCUT2D eigenvalue weighted by molar-refractivity contribution is 9.11. The number of carbonyl (C=O) groups is 1. The van der Waals surface area contributed by atoms with E-state index in [1.807, 2.05) is 0 Å². The van der Waals surface area contributed by atoms with Crippen LogP contribution in [-0.4, -0.2) is 23.8 Å². The Morgan fingerprint density at radius 3 is 2.75 bits per heavy atom. The molecule has 0 unspecified atom stereocenters. The lowest BCUT2D eigenvalue weighted by Crippen LogP contribution is -2.24. The number of benzene rings is 2.